The molecule has 86 valence electrons. The number of aromatic nitrogens is 2. The van der Waals surface area contributed by atoms with Crippen molar-refractivity contribution in [3.63, 3.8) is 0 Å². The summed E-state index contributed by atoms with van der Waals surface area (Å²) < 4.78 is 7.27. The molecule has 3 aromatic rings. The summed E-state index contributed by atoms with van der Waals surface area (Å²) in [5.74, 6) is 0. The van der Waals surface area contributed by atoms with Crippen LogP contribution in [0.25, 0.3) is 10.2 Å². The van der Waals surface area contributed by atoms with E-state index in [0.717, 1.165) is 25.9 Å². The molecule has 3 rings (SSSR count). The summed E-state index contributed by atoms with van der Waals surface area (Å²) >= 11 is 3.02. The maximum atomic E-state index is 5.73. The molecule has 4 nitrogen and oxygen atoms in total. The molecule has 0 aliphatic rings. The Balaban J connectivity index is 1.95. The van der Waals surface area contributed by atoms with Crippen LogP contribution < -0.4 is 5.73 Å². The second-order valence-corrected chi connectivity index (χ2v) is 5.79. The van der Waals surface area contributed by atoms with E-state index in [1.807, 2.05) is 25.1 Å². The second-order valence-electron chi connectivity index (χ2n) is 3.56. The molecule has 0 fully saturated rings. The third-order valence-electron chi connectivity index (χ3n) is 2.17. The number of benzene rings is 1. The van der Waals surface area contributed by atoms with E-state index in [9.17, 15) is 0 Å². The van der Waals surface area contributed by atoms with E-state index in [1.54, 1.807) is 17.6 Å². The van der Waals surface area contributed by atoms with Gasteiger partial charge in [-0.1, -0.05) is 0 Å². The average Bonchev–Trinajstić information content (AvgIpc) is 2.84. The van der Waals surface area contributed by atoms with E-state index in [1.165, 1.54) is 11.8 Å². The number of fused-ring (bicyclic) bond motifs is 1. The van der Waals surface area contributed by atoms with E-state index < -0.39 is 0 Å². The van der Waals surface area contributed by atoms with Crippen LogP contribution in [0.3, 0.4) is 0 Å². The molecule has 0 saturated heterocycles. The highest BCUT2D eigenvalue weighted by Crippen LogP contribution is 2.34. The summed E-state index contributed by atoms with van der Waals surface area (Å²) in [6, 6.07) is 5.70. The van der Waals surface area contributed by atoms with Crippen LogP contribution in [0.2, 0.25) is 0 Å². The Morgan fingerprint density at radius 1 is 1.35 bits per heavy atom. The fourth-order valence-electron chi connectivity index (χ4n) is 1.42. The normalized spacial score (nSPS) is 11.1. The lowest BCUT2D eigenvalue weighted by Crippen LogP contribution is -1.81. The van der Waals surface area contributed by atoms with Crippen molar-refractivity contribution in [1.82, 2.24) is 9.97 Å². The number of anilines is 1. The highest BCUT2D eigenvalue weighted by molar-refractivity contribution is 8.00. The van der Waals surface area contributed by atoms with Gasteiger partial charge in [-0.15, -0.1) is 11.3 Å². The molecule has 0 saturated carbocycles. The van der Waals surface area contributed by atoms with E-state index >= 15 is 0 Å². The standard InChI is InChI=1S/C11H9N3OS2/c1-6-5-15-10(13-6)17-11-14-8-3-2-7(12)4-9(8)16-11/h2-5H,12H2,1H3. The molecule has 2 N–H and O–H groups in total. The van der Waals surface area contributed by atoms with Gasteiger partial charge in [-0.3, -0.25) is 0 Å². The van der Waals surface area contributed by atoms with Crippen molar-refractivity contribution in [3.05, 3.63) is 30.2 Å². The monoisotopic (exact) mass is 263 g/mol. The van der Waals surface area contributed by atoms with Gasteiger partial charge in [0.05, 0.1) is 15.9 Å². The molecule has 6 heteroatoms. The van der Waals surface area contributed by atoms with Gasteiger partial charge >= 0.3 is 0 Å². The van der Waals surface area contributed by atoms with Gasteiger partial charge in [0, 0.05) is 17.4 Å². The van der Waals surface area contributed by atoms with Crippen molar-refractivity contribution < 1.29 is 4.42 Å². The Morgan fingerprint density at radius 2 is 2.24 bits per heavy atom. The minimum absolute atomic E-state index is 0.620. The van der Waals surface area contributed by atoms with Crippen molar-refractivity contribution in [2.45, 2.75) is 16.5 Å². The first-order valence-electron chi connectivity index (χ1n) is 4.97. The van der Waals surface area contributed by atoms with Crippen LogP contribution in [0.5, 0.6) is 0 Å². The molecule has 1 aromatic carbocycles. The fourth-order valence-corrected chi connectivity index (χ4v) is 3.39. The maximum Gasteiger partial charge on any atom is 0.263 e. The van der Waals surface area contributed by atoms with Crippen molar-refractivity contribution in [3.8, 4) is 0 Å². The first-order valence-corrected chi connectivity index (χ1v) is 6.60. The molecule has 0 aliphatic carbocycles. The van der Waals surface area contributed by atoms with Crippen LogP contribution in [0.15, 0.2) is 38.4 Å². The predicted molar refractivity (Wildman–Crippen MR) is 69.4 cm³/mol. The molecular formula is C11H9N3OS2. The van der Waals surface area contributed by atoms with Crippen LogP contribution >= 0.6 is 23.1 Å². The highest BCUT2D eigenvalue weighted by Gasteiger charge is 2.09. The first kappa shape index (κ1) is 10.6. The molecule has 0 radical (unpaired) electrons. The summed E-state index contributed by atoms with van der Waals surface area (Å²) in [5.41, 5.74) is 8.31. The molecule has 2 heterocycles. The number of nitrogen functional groups attached to an aromatic ring is 1. The van der Waals surface area contributed by atoms with Gasteiger partial charge in [-0.05, 0) is 25.1 Å². The van der Waals surface area contributed by atoms with E-state index in [0.29, 0.717) is 5.22 Å². The van der Waals surface area contributed by atoms with Gasteiger partial charge in [0.2, 0.25) is 0 Å². The molecule has 0 bridgehead atoms. The maximum absolute atomic E-state index is 5.73. The average molecular weight is 263 g/mol. The van der Waals surface area contributed by atoms with E-state index in [-0.39, 0.29) is 0 Å². The van der Waals surface area contributed by atoms with Crippen molar-refractivity contribution in [1.29, 1.82) is 0 Å². The minimum atomic E-state index is 0.620. The van der Waals surface area contributed by atoms with Crippen molar-refractivity contribution in [2.24, 2.45) is 0 Å². The highest BCUT2D eigenvalue weighted by atomic mass is 32.2. The molecule has 2 aromatic heterocycles. The van der Waals surface area contributed by atoms with Crippen molar-refractivity contribution in [2.75, 3.05) is 5.73 Å². The third kappa shape index (κ3) is 2.13. The van der Waals surface area contributed by atoms with Gasteiger partial charge in [-0.25, -0.2) is 9.97 Å². The van der Waals surface area contributed by atoms with Gasteiger partial charge in [-0.2, -0.15) is 0 Å². The molecule has 0 aliphatic heterocycles. The lowest BCUT2D eigenvalue weighted by molar-refractivity contribution is 0.454. The Morgan fingerprint density at radius 3 is 3.00 bits per heavy atom. The number of oxazole rings is 1. The van der Waals surface area contributed by atoms with E-state index in [4.69, 9.17) is 10.2 Å². The topological polar surface area (TPSA) is 64.9 Å². The Hall–Kier alpha value is -1.53. The van der Waals surface area contributed by atoms with Gasteiger partial charge in [0.25, 0.3) is 5.22 Å². The number of nitrogens with zero attached hydrogens (tertiary/aromatic N) is 2. The number of rotatable bonds is 2. The quantitative estimate of drug-likeness (QED) is 0.718. The summed E-state index contributed by atoms with van der Waals surface area (Å²) in [4.78, 5) is 8.72. The number of hydrogen-bond donors (Lipinski definition) is 1. The van der Waals surface area contributed by atoms with Crippen LogP contribution in [-0.2, 0) is 0 Å². The number of hydrogen-bond acceptors (Lipinski definition) is 6. The predicted octanol–water partition coefficient (Wildman–Crippen LogP) is 3.33. The summed E-state index contributed by atoms with van der Waals surface area (Å²) in [6.45, 7) is 1.90. The molecule has 17 heavy (non-hydrogen) atoms. The Labute approximate surface area is 106 Å². The zero-order chi connectivity index (χ0) is 11.8. The summed E-state index contributed by atoms with van der Waals surface area (Å²) in [6.07, 6.45) is 1.63. The minimum Gasteiger partial charge on any atom is -0.439 e. The summed E-state index contributed by atoms with van der Waals surface area (Å²) in [5, 5.41) is 0.620. The molecule has 0 atom stereocenters. The fraction of sp³-hybridized carbons (Fsp3) is 0.0909. The van der Waals surface area contributed by atoms with Gasteiger partial charge in [0.1, 0.15) is 6.26 Å². The largest absolute Gasteiger partial charge is 0.439 e. The number of aryl methyl sites for hydroxylation is 1. The zero-order valence-electron chi connectivity index (χ0n) is 9.01. The summed E-state index contributed by atoms with van der Waals surface area (Å²) in [7, 11) is 0. The lowest BCUT2D eigenvalue weighted by atomic mass is 10.3. The third-order valence-corrected chi connectivity index (χ3v) is 4.11. The lowest BCUT2D eigenvalue weighted by Gasteiger charge is -1.88. The number of thiazole rings is 1. The zero-order valence-corrected chi connectivity index (χ0v) is 10.6. The van der Waals surface area contributed by atoms with Crippen LogP contribution in [-0.4, -0.2) is 9.97 Å². The first-order chi connectivity index (χ1) is 8.20. The SMILES string of the molecule is Cc1coc(Sc2nc3ccc(N)cc3s2)n1. The van der Waals surface area contributed by atoms with Crippen molar-refractivity contribution >= 4 is 39.0 Å². The smallest absolute Gasteiger partial charge is 0.263 e. The second kappa shape index (κ2) is 4.05. The van der Waals surface area contributed by atoms with Crippen LogP contribution in [0, 0.1) is 6.92 Å². The van der Waals surface area contributed by atoms with Gasteiger partial charge in [0.15, 0.2) is 4.34 Å². The molecule has 0 amide bonds. The Bertz CT molecular complexity index is 674. The molecule has 0 unspecified atom stereocenters. The van der Waals surface area contributed by atoms with Gasteiger partial charge < -0.3 is 10.2 Å². The molecular weight excluding hydrogens is 254 g/mol. The van der Waals surface area contributed by atoms with Crippen LogP contribution in [0.1, 0.15) is 5.69 Å². The van der Waals surface area contributed by atoms with E-state index in [2.05, 4.69) is 9.97 Å². The molecule has 0 spiro atoms. The number of nitrogens with two attached hydrogens (primary N) is 1. The Kier molecular flexibility index (Phi) is 2.53. The van der Waals surface area contributed by atoms with Crippen LogP contribution in [0.4, 0.5) is 5.69 Å².